The number of rotatable bonds is 6. The standard InChI is InChI=1S/C17H18Cl2N2O3/c18-13-6-3-10(8-14(13)19)2-1-7-20-16(23)12-9-21(11-4-5-11)17(24)15(12)22/h3,6,8,11-12H,1-2,4-5,7,9H2,(H,20,23). The molecule has 2 aliphatic rings. The van der Waals surface area contributed by atoms with E-state index in [1.807, 2.05) is 6.07 Å². The van der Waals surface area contributed by atoms with Crippen molar-refractivity contribution in [1.29, 1.82) is 0 Å². The summed E-state index contributed by atoms with van der Waals surface area (Å²) >= 11 is 11.8. The lowest BCUT2D eigenvalue weighted by Crippen LogP contribution is -2.36. The Morgan fingerprint density at radius 1 is 1.21 bits per heavy atom. The average molecular weight is 369 g/mol. The molecule has 1 N–H and O–H groups in total. The molecule has 1 saturated carbocycles. The topological polar surface area (TPSA) is 66.5 Å². The highest BCUT2D eigenvalue weighted by Gasteiger charge is 2.47. The maximum atomic E-state index is 12.2. The minimum absolute atomic E-state index is 0.161. The third-order valence-corrected chi connectivity index (χ3v) is 5.14. The summed E-state index contributed by atoms with van der Waals surface area (Å²) in [7, 11) is 0. The fourth-order valence-corrected chi connectivity index (χ4v) is 3.20. The van der Waals surface area contributed by atoms with Crippen molar-refractivity contribution >= 4 is 40.8 Å². The van der Waals surface area contributed by atoms with E-state index in [0.29, 0.717) is 23.0 Å². The van der Waals surface area contributed by atoms with Gasteiger partial charge < -0.3 is 10.2 Å². The number of hydrogen-bond donors (Lipinski definition) is 1. The van der Waals surface area contributed by atoms with Gasteiger partial charge in [-0.25, -0.2) is 0 Å². The van der Waals surface area contributed by atoms with Gasteiger partial charge in [0.2, 0.25) is 11.7 Å². The Morgan fingerprint density at radius 2 is 1.96 bits per heavy atom. The van der Waals surface area contributed by atoms with Gasteiger partial charge in [0.1, 0.15) is 5.92 Å². The summed E-state index contributed by atoms with van der Waals surface area (Å²) in [5, 5.41) is 3.77. The highest BCUT2D eigenvalue weighted by Crippen LogP contribution is 2.31. The molecule has 0 radical (unpaired) electrons. The minimum Gasteiger partial charge on any atom is -0.355 e. The molecule has 1 atom stereocenters. The van der Waals surface area contributed by atoms with Crippen LogP contribution in [0.3, 0.4) is 0 Å². The van der Waals surface area contributed by atoms with E-state index in [4.69, 9.17) is 23.2 Å². The van der Waals surface area contributed by atoms with E-state index in [1.54, 1.807) is 17.0 Å². The minimum atomic E-state index is -0.858. The van der Waals surface area contributed by atoms with E-state index in [2.05, 4.69) is 5.32 Å². The lowest BCUT2D eigenvalue weighted by Gasteiger charge is -2.14. The largest absolute Gasteiger partial charge is 0.355 e. The van der Waals surface area contributed by atoms with Gasteiger partial charge in [0.05, 0.1) is 10.0 Å². The number of benzene rings is 1. The van der Waals surface area contributed by atoms with Crippen molar-refractivity contribution < 1.29 is 14.4 Å². The maximum Gasteiger partial charge on any atom is 0.291 e. The molecule has 1 unspecified atom stereocenters. The Kier molecular flexibility index (Phi) is 5.11. The van der Waals surface area contributed by atoms with E-state index in [1.165, 1.54) is 0 Å². The van der Waals surface area contributed by atoms with Crippen LogP contribution in [0.4, 0.5) is 0 Å². The smallest absolute Gasteiger partial charge is 0.291 e. The highest BCUT2D eigenvalue weighted by molar-refractivity contribution is 6.42. The third-order valence-electron chi connectivity index (χ3n) is 4.40. The first kappa shape index (κ1) is 17.2. The number of halogens is 2. The number of carbonyl (C=O) groups is 3. The molecule has 1 aromatic rings. The molecule has 0 spiro atoms. The number of carbonyl (C=O) groups excluding carboxylic acids is 3. The van der Waals surface area contributed by atoms with Crippen LogP contribution in [0.1, 0.15) is 24.8 Å². The quantitative estimate of drug-likeness (QED) is 0.475. The second kappa shape index (κ2) is 7.11. The zero-order chi connectivity index (χ0) is 17.3. The van der Waals surface area contributed by atoms with Gasteiger partial charge in [-0.15, -0.1) is 0 Å². The second-order valence-electron chi connectivity index (χ2n) is 6.25. The molecule has 1 saturated heterocycles. The second-order valence-corrected chi connectivity index (χ2v) is 7.06. The van der Waals surface area contributed by atoms with E-state index in [9.17, 15) is 14.4 Å². The molecule has 1 aromatic carbocycles. The van der Waals surface area contributed by atoms with Crippen molar-refractivity contribution in [3.05, 3.63) is 33.8 Å². The number of hydrogen-bond acceptors (Lipinski definition) is 3. The van der Waals surface area contributed by atoms with Gasteiger partial charge in [0.15, 0.2) is 0 Å². The summed E-state index contributed by atoms with van der Waals surface area (Å²) in [4.78, 5) is 37.5. The van der Waals surface area contributed by atoms with Gasteiger partial charge >= 0.3 is 0 Å². The van der Waals surface area contributed by atoms with Gasteiger partial charge in [-0.2, -0.15) is 0 Å². The van der Waals surface area contributed by atoms with E-state index in [-0.39, 0.29) is 18.5 Å². The monoisotopic (exact) mass is 368 g/mol. The summed E-state index contributed by atoms with van der Waals surface area (Å²) in [5.41, 5.74) is 1.03. The fraction of sp³-hybridized carbons (Fsp3) is 0.471. The van der Waals surface area contributed by atoms with Gasteiger partial charge in [0, 0.05) is 19.1 Å². The van der Waals surface area contributed by atoms with Gasteiger partial charge in [-0.3, -0.25) is 14.4 Å². The first-order valence-electron chi connectivity index (χ1n) is 8.04. The Bertz CT molecular complexity index is 688. The van der Waals surface area contributed by atoms with Crippen LogP contribution >= 0.6 is 23.2 Å². The van der Waals surface area contributed by atoms with Crippen LogP contribution in [0.2, 0.25) is 10.0 Å². The number of likely N-dealkylation sites (tertiary alicyclic amines) is 1. The molecule has 1 heterocycles. The molecule has 3 rings (SSSR count). The van der Waals surface area contributed by atoms with Crippen molar-refractivity contribution in [3.63, 3.8) is 0 Å². The molecule has 7 heteroatoms. The molecule has 0 bridgehead atoms. The van der Waals surface area contributed by atoms with Gasteiger partial charge in [-0.05, 0) is 43.4 Å². The number of nitrogens with one attached hydrogen (secondary N) is 1. The number of nitrogens with zero attached hydrogens (tertiary/aromatic N) is 1. The Balaban J connectivity index is 1.45. The fourth-order valence-electron chi connectivity index (χ4n) is 2.88. The summed E-state index contributed by atoms with van der Waals surface area (Å²) < 4.78 is 0. The lowest BCUT2D eigenvalue weighted by molar-refractivity contribution is -0.142. The predicted molar refractivity (Wildman–Crippen MR) is 91.0 cm³/mol. The molecule has 1 aliphatic carbocycles. The average Bonchev–Trinajstić information content (AvgIpc) is 3.35. The lowest BCUT2D eigenvalue weighted by atomic mass is 10.1. The van der Waals surface area contributed by atoms with Crippen LogP contribution in [0.5, 0.6) is 0 Å². The summed E-state index contributed by atoms with van der Waals surface area (Å²) in [5.74, 6) is -2.30. The number of ketones is 1. The molecule has 2 fully saturated rings. The number of Topliss-reactive ketones (excluding diaryl/α,β-unsaturated/α-hetero) is 1. The SMILES string of the molecule is O=C(NCCCc1ccc(Cl)c(Cl)c1)C1CN(C2CC2)C(=O)C1=O. The zero-order valence-electron chi connectivity index (χ0n) is 13.1. The Labute approximate surface area is 150 Å². The first-order valence-corrected chi connectivity index (χ1v) is 8.79. The van der Waals surface area contributed by atoms with Crippen molar-refractivity contribution in [2.75, 3.05) is 13.1 Å². The Hall–Kier alpha value is -1.59. The molecule has 1 aliphatic heterocycles. The molecule has 128 valence electrons. The van der Waals surface area contributed by atoms with E-state index in [0.717, 1.165) is 24.8 Å². The van der Waals surface area contributed by atoms with E-state index < -0.39 is 17.6 Å². The van der Waals surface area contributed by atoms with Crippen LogP contribution in [-0.2, 0) is 20.8 Å². The normalized spacial score (nSPS) is 20.6. The van der Waals surface area contributed by atoms with Crippen LogP contribution in [0.15, 0.2) is 18.2 Å². The zero-order valence-corrected chi connectivity index (χ0v) is 14.6. The van der Waals surface area contributed by atoms with Crippen molar-refractivity contribution in [2.45, 2.75) is 31.7 Å². The third kappa shape index (κ3) is 3.73. The Morgan fingerprint density at radius 3 is 2.62 bits per heavy atom. The number of aryl methyl sites for hydroxylation is 1. The van der Waals surface area contributed by atoms with Crippen LogP contribution in [0.25, 0.3) is 0 Å². The highest BCUT2D eigenvalue weighted by atomic mass is 35.5. The molecule has 5 nitrogen and oxygen atoms in total. The van der Waals surface area contributed by atoms with Gasteiger partial charge in [0.25, 0.3) is 5.91 Å². The molecule has 24 heavy (non-hydrogen) atoms. The first-order chi connectivity index (χ1) is 11.5. The van der Waals surface area contributed by atoms with Gasteiger partial charge in [-0.1, -0.05) is 29.3 Å². The van der Waals surface area contributed by atoms with Crippen LogP contribution < -0.4 is 5.32 Å². The predicted octanol–water partition coefficient (Wildman–Crippen LogP) is 2.23. The maximum absolute atomic E-state index is 12.2. The molecule has 2 amide bonds. The van der Waals surface area contributed by atoms with Crippen LogP contribution in [-0.4, -0.2) is 41.6 Å². The number of amides is 2. The van der Waals surface area contributed by atoms with Crippen molar-refractivity contribution in [1.82, 2.24) is 10.2 Å². The molecule has 0 aromatic heterocycles. The summed E-state index contributed by atoms with van der Waals surface area (Å²) in [6.07, 6.45) is 3.31. The summed E-state index contributed by atoms with van der Waals surface area (Å²) in [6.45, 7) is 0.668. The van der Waals surface area contributed by atoms with E-state index >= 15 is 0 Å². The van der Waals surface area contributed by atoms with Crippen LogP contribution in [0, 0.1) is 5.92 Å². The summed E-state index contributed by atoms with van der Waals surface area (Å²) in [6, 6.07) is 5.60. The molecular weight excluding hydrogens is 351 g/mol. The van der Waals surface area contributed by atoms with Crippen molar-refractivity contribution in [3.8, 4) is 0 Å². The molecular formula is C17H18Cl2N2O3. The van der Waals surface area contributed by atoms with Crippen molar-refractivity contribution in [2.24, 2.45) is 5.92 Å².